The molecular weight excluding hydrogens is 420 g/mol. The van der Waals surface area contributed by atoms with Crippen molar-refractivity contribution in [1.82, 2.24) is 9.62 Å². The van der Waals surface area contributed by atoms with Gasteiger partial charge in [-0.1, -0.05) is 15.9 Å². The number of rotatable bonds is 2. The molecule has 6 nitrogen and oxygen atoms in total. The summed E-state index contributed by atoms with van der Waals surface area (Å²) in [6.07, 6.45) is 1.05. The molecule has 1 saturated heterocycles. The molecular formula is C18H25BrN2O4S. The Bertz CT molecular complexity index is 686. The Morgan fingerprint density at radius 1 is 1.42 bits per heavy atom. The highest BCUT2D eigenvalue weighted by Crippen LogP contribution is 2.45. The average molecular weight is 445 g/mol. The molecule has 3 rings (SSSR count). The maximum atomic E-state index is 12.7. The van der Waals surface area contributed by atoms with Gasteiger partial charge < -0.3 is 19.3 Å². The summed E-state index contributed by atoms with van der Waals surface area (Å²) < 4.78 is 22.9. The van der Waals surface area contributed by atoms with E-state index in [1.165, 1.54) is 4.90 Å². The van der Waals surface area contributed by atoms with E-state index >= 15 is 0 Å². The van der Waals surface area contributed by atoms with Gasteiger partial charge in [-0.2, -0.15) is 0 Å². The van der Waals surface area contributed by atoms with Crippen LogP contribution in [0.1, 0.15) is 51.6 Å². The Hall–Kier alpha value is -0.960. The second-order valence-corrected chi connectivity index (χ2v) is 10.9. The van der Waals surface area contributed by atoms with Gasteiger partial charge in [-0.3, -0.25) is 0 Å². The van der Waals surface area contributed by atoms with E-state index in [9.17, 15) is 14.5 Å². The first-order chi connectivity index (χ1) is 12.1. The van der Waals surface area contributed by atoms with Crippen LogP contribution in [0, 0.1) is 0 Å². The molecule has 0 radical (unpaired) electrons. The minimum atomic E-state index is -1.21. The van der Waals surface area contributed by atoms with Crippen molar-refractivity contribution in [2.45, 2.75) is 56.4 Å². The number of carboxylic acid groups (broad SMARTS) is 1. The maximum absolute atomic E-state index is 12.7. The molecule has 1 fully saturated rings. The number of halogens is 1. The molecule has 8 heteroatoms. The van der Waals surface area contributed by atoms with Crippen LogP contribution < -0.4 is 9.46 Å². The second kappa shape index (κ2) is 7.22. The van der Waals surface area contributed by atoms with E-state index in [0.29, 0.717) is 32.4 Å². The zero-order valence-corrected chi connectivity index (χ0v) is 17.7. The number of amides is 1. The predicted molar refractivity (Wildman–Crippen MR) is 105 cm³/mol. The van der Waals surface area contributed by atoms with Crippen LogP contribution in [0.2, 0.25) is 0 Å². The van der Waals surface area contributed by atoms with Gasteiger partial charge in [0, 0.05) is 53.8 Å². The third-order valence-corrected chi connectivity index (χ3v) is 7.10. The van der Waals surface area contributed by atoms with Crippen LogP contribution in [-0.4, -0.2) is 44.1 Å². The molecule has 26 heavy (non-hydrogen) atoms. The van der Waals surface area contributed by atoms with Gasteiger partial charge in [0.05, 0.1) is 6.04 Å². The normalized spacial score (nSPS) is 23.3. The summed E-state index contributed by atoms with van der Waals surface area (Å²) in [5, 5.41) is 9.20. The zero-order valence-electron chi connectivity index (χ0n) is 15.3. The number of nitrogens with zero attached hydrogens (tertiary/aromatic N) is 1. The van der Waals surface area contributed by atoms with Gasteiger partial charge in [-0.15, -0.1) is 4.72 Å². The maximum Gasteiger partial charge on any atom is 0.407 e. The Morgan fingerprint density at radius 3 is 2.65 bits per heavy atom. The summed E-state index contributed by atoms with van der Waals surface area (Å²) in [4.78, 5) is 12.6. The first kappa shape index (κ1) is 19.8. The molecule has 0 aromatic heterocycles. The van der Waals surface area contributed by atoms with Crippen molar-refractivity contribution in [3.63, 3.8) is 0 Å². The monoisotopic (exact) mass is 444 g/mol. The van der Waals surface area contributed by atoms with Gasteiger partial charge in [0.15, 0.2) is 0 Å². The van der Waals surface area contributed by atoms with Crippen molar-refractivity contribution in [1.29, 1.82) is 0 Å². The van der Waals surface area contributed by atoms with Gasteiger partial charge in [-0.05, 0) is 39.0 Å². The zero-order chi connectivity index (χ0) is 19.1. The standard InChI is InChI=1S/C18H25BrN2O4S/c1-17(2,3)26(24)20-14-11-18(6-8-21(9-7-18)16(22)23)25-15-5-4-12(19)10-13(14)15/h4-5,10,14,20H,6-9,11H2,1-3H3,(H,22,23)/t14?,26-/m0/s1. The molecule has 0 saturated carbocycles. The Labute approximate surface area is 165 Å². The molecule has 1 amide bonds. The molecule has 1 unspecified atom stereocenters. The van der Waals surface area contributed by atoms with Crippen molar-refractivity contribution in [2.24, 2.45) is 0 Å². The van der Waals surface area contributed by atoms with Crippen molar-refractivity contribution < 1.29 is 19.2 Å². The molecule has 2 aliphatic rings. The van der Waals surface area contributed by atoms with Gasteiger partial charge in [-0.25, -0.2) is 4.79 Å². The lowest BCUT2D eigenvalue weighted by Crippen LogP contribution is -2.54. The fourth-order valence-corrected chi connectivity index (χ4v) is 4.67. The summed E-state index contributed by atoms with van der Waals surface area (Å²) in [6, 6.07) is 5.76. The minimum Gasteiger partial charge on any atom is -0.598 e. The van der Waals surface area contributed by atoms with Gasteiger partial charge >= 0.3 is 6.09 Å². The van der Waals surface area contributed by atoms with E-state index < -0.39 is 23.1 Å². The smallest absolute Gasteiger partial charge is 0.407 e. The highest BCUT2D eigenvalue weighted by atomic mass is 79.9. The van der Waals surface area contributed by atoms with Crippen LogP contribution in [0.15, 0.2) is 22.7 Å². The van der Waals surface area contributed by atoms with Crippen molar-refractivity contribution >= 4 is 33.4 Å². The van der Waals surface area contributed by atoms with Crippen LogP contribution in [-0.2, 0) is 11.4 Å². The van der Waals surface area contributed by atoms with Crippen LogP contribution in [0.25, 0.3) is 0 Å². The molecule has 1 spiro atoms. The molecule has 144 valence electrons. The van der Waals surface area contributed by atoms with Crippen molar-refractivity contribution in [3.05, 3.63) is 28.2 Å². The third kappa shape index (κ3) is 4.13. The molecule has 2 atom stereocenters. The number of piperidine rings is 1. The number of fused-ring (bicyclic) bond motifs is 1. The molecule has 2 N–H and O–H groups in total. The highest BCUT2D eigenvalue weighted by molar-refractivity contribution is 9.10. The molecule has 2 aliphatic heterocycles. The summed E-state index contributed by atoms with van der Waals surface area (Å²) in [5.41, 5.74) is 0.565. The number of carbonyl (C=O) groups is 1. The quantitative estimate of drug-likeness (QED) is 0.676. The van der Waals surface area contributed by atoms with Crippen LogP contribution in [0.3, 0.4) is 0 Å². The fourth-order valence-electron chi connectivity index (χ4n) is 3.46. The highest BCUT2D eigenvalue weighted by Gasteiger charge is 2.46. The largest absolute Gasteiger partial charge is 0.598 e. The first-order valence-corrected chi connectivity index (χ1v) is 10.7. The Morgan fingerprint density at radius 2 is 2.08 bits per heavy atom. The number of likely N-dealkylation sites (tertiary alicyclic amines) is 1. The number of hydrogen-bond donors (Lipinski definition) is 2. The van der Waals surface area contributed by atoms with E-state index in [1.54, 1.807) is 0 Å². The summed E-state index contributed by atoms with van der Waals surface area (Å²) in [7, 11) is 0. The SMILES string of the molecule is CC(C)(C)[S@+]([O-])NC1CC2(CCN(C(=O)O)CC2)Oc2ccc(Br)cc21. The van der Waals surface area contributed by atoms with Gasteiger partial charge in [0.1, 0.15) is 16.1 Å². The van der Waals surface area contributed by atoms with Crippen LogP contribution >= 0.6 is 15.9 Å². The van der Waals surface area contributed by atoms with E-state index in [2.05, 4.69) is 20.7 Å². The van der Waals surface area contributed by atoms with E-state index in [4.69, 9.17) is 4.74 Å². The summed E-state index contributed by atoms with van der Waals surface area (Å²) in [5.74, 6) is 0.784. The van der Waals surface area contributed by atoms with Crippen molar-refractivity contribution in [2.75, 3.05) is 13.1 Å². The average Bonchev–Trinajstić information content (AvgIpc) is 2.55. The lowest BCUT2D eigenvalue weighted by atomic mass is 9.81. The van der Waals surface area contributed by atoms with E-state index in [-0.39, 0.29) is 10.8 Å². The van der Waals surface area contributed by atoms with E-state index in [1.807, 2.05) is 39.0 Å². The van der Waals surface area contributed by atoms with Crippen LogP contribution in [0.5, 0.6) is 5.75 Å². The lowest BCUT2D eigenvalue weighted by molar-refractivity contribution is -0.0191. The molecule has 0 aliphatic carbocycles. The Kier molecular flexibility index (Phi) is 5.50. The summed E-state index contributed by atoms with van der Waals surface area (Å²) in [6.45, 7) is 6.74. The number of ether oxygens (including phenoxy) is 1. The van der Waals surface area contributed by atoms with E-state index in [0.717, 1.165) is 15.8 Å². The number of benzene rings is 1. The second-order valence-electron chi connectivity index (χ2n) is 7.99. The fraction of sp³-hybridized carbons (Fsp3) is 0.611. The topological polar surface area (TPSA) is 84.9 Å². The Balaban J connectivity index is 1.86. The van der Waals surface area contributed by atoms with Crippen LogP contribution in [0.4, 0.5) is 4.79 Å². The molecule has 1 aromatic rings. The number of nitrogens with one attached hydrogen (secondary N) is 1. The minimum absolute atomic E-state index is 0.104. The molecule has 2 heterocycles. The third-order valence-electron chi connectivity index (χ3n) is 5.00. The number of hydrogen-bond acceptors (Lipinski definition) is 4. The van der Waals surface area contributed by atoms with Crippen molar-refractivity contribution in [3.8, 4) is 5.75 Å². The molecule has 0 bridgehead atoms. The van der Waals surface area contributed by atoms with Gasteiger partial charge in [0.2, 0.25) is 0 Å². The van der Waals surface area contributed by atoms with Gasteiger partial charge in [0.25, 0.3) is 0 Å². The first-order valence-electron chi connectivity index (χ1n) is 8.74. The summed E-state index contributed by atoms with van der Waals surface area (Å²) >= 11 is 2.29. The lowest BCUT2D eigenvalue weighted by Gasteiger charge is -2.46. The molecule has 1 aromatic carbocycles. The predicted octanol–water partition coefficient (Wildman–Crippen LogP) is 3.84.